The average molecular weight is 401 g/mol. The minimum absolute atomic E-state index is 0.992. The van der Waals surface area contributed by atoms with Gasteiger partial charge in [-0.05, 0) is 41.1 Å². The van der Waals surface area contributed by atoms with Gasteiger partial charge in [0.1, 0.15) is 5.76 Å². The topological polar surface area (TPSA) is 16.4 Å². The quantitative estimate of drug-likeness (QED) is 0.530. The van der Waals surface area contributed by atoms with Crippen LogP contribution in [-0.4, -0.2) is 16.2 Å². The molecule has 1 aliphatic rings. The van der Waals surface area contributed by atoms with E-state index in [-0.39, 0.29) is 0 Å². The van der Waals surface area contributed by atoms with Crippen molar-refractivity contribution in [3.8, 4) is 0 Å². The zero-order chi connectivity index (χ0) is 9.26. The molecule has 0 radical (unpaired) electrons. The van der Waals surface area contributed by atoms with E-state index in [9.17, 15) is 0 Å². The maximum absolute atomic E-state index is 5.40. The van der Waals surface area contributed by atoms with Crippen LogP contribution in [0, 0.1) is 0 Å². The second-order valence-electron chi connectivity index (χ2n) is 2.96. The number of rotatable bonds is 1. The Hall–Kier alpha value is 0.440. The average Bonchev–Trinajstić information content (AvgIpc) is 2.61. The molecule has 0 saturated heterocycles. The van der Waals surface area contributed by atoms with Gasteiger partial charge in [0.25, 0.3) is 0 Å². The molecular formula is C9H9I2NO. The van der Waals surface area contributed by atoms with E-state index in [4.69, 9.17) is 4.42 Å². The third kappa shape index (κ3) is 2.27. The predicted octanol–water partition coefficient (Wildman–Crippen LogP) is 3.48. The van der Waals surface area contributed by atoms with Gasteiger partial charge in [0.05, 0.1) is 6.26 Å². The largest absolute Gasteiger partial charge is 0.465 e. The van der Waals surface area contributed by atoms with E-state index in [1.165, 1.54) is 9.15 Å². The summed E-state index contributed by atoms with van der Waals surface area (Å²) in [5.41, 5.74) is 1.34. The number of furan rings is 1. The lowest BCUT2D eigenvalue weighted by molar-refractivity contribution is 0.520. The van der Waals surface area contributed by atoms with Gasteiger partial charge in [0, 0.05) is 45.1 Å². The SMILES string of the molecule is IC1=C(c2ccco2)CN(I)CC1. The molecule has 0 spiro atoms. The summed E-state index contributed by atoms with van der Waals surface area (Å²) >= 11 is 4.78. The van der Waals surface area contributed by atoms with Crippen LogP contribution in [0.2, 0.25) is 0 Å². The molecule has 0 atom stereocenters. The van der Waals surface area contributed by atoms with Crippen LogP contribution in [0.25, 0.3) is 5.57 Å². The third-order valence-electron chi connectivity index (χ3n) is 2.05. The van der Waals surface area contributed by atoms with Gasteiger partial charge in [0.2, 0.25) is 0 Å². The lowest BCUT2D eigenvalue weighted by Gasteiger charge is -2.22. The molecule has 2 heterocycles. The Morgan fingerprint density at radius 1 is 1.46 bits per heavy atom. The fourth-order valence-electron chi connectivity index (χ4n) is 1.37. The highest BCUT2D eigenvalue weighted by Gasteiger charge is 2.18. The van der Waals surface area contributed by atoms with Crippen LogP contribution in [0.5, 0.6) is 0 Å². The molecule has 0 saturated carbocycles. The van der Waals surface area contributed by atoms with Crippen molar-refractivity contribution in [3.05, 3.63) is 27.7 Å². The van der Waals surface area contributed by atoms with Gasteiger partial charge in [-0.25, -0.2) is 3.11 Å². The minimum Gasteiger partial charge on any atom is -0.465 e. The molecule has 0 fully saturated rings. The number of nitrogens with zero attached hydrogens (tertiary/aromatic N) is 1. The number of hydrogen-bond donors (Lipinski definition) is 0. The van der Waals surface area contributed by atoms with Crippen LogP contribution in [-0.2, 0) is 0 Å². The second-order valence-corrected chi connectivity index (χ2v) is 5.62. The number of hydrogen-bond acceptors (Lipinski definition) is 2. The van der Waals surface area contributed by atoms with Crippen LogP contribution < -0.4 is 0 Å². The van der Waals surface area contributed by atoms with E-state index in [2.05, 4.69) is 48.6 Å². The molecule has 1 aliphatic heterocycles. The maximum Gasteiger partial charge on any atom is 0.131 e. The van der Waals surface area contributed by atoms with E-state index in [0.717, 1.165) is 25.3 Å². The molecular weight excluding hydrogens is 392 g/mol. The Bertz CT molecular complexity index is 318. The predicted molar refractivity (Wildman–Crippen MR) is 69.9 cm³/mol. The Morgan fingerprint density at radius 2 is 2.31 bits per heavy atom. The van der Waals surface area contributed by atoms with Crippen LogP contribution >= 0.6 is 45.5 Å². The van der Waals surface area contributed by atoms with Crippen molar-refractivity contribution in [3.63, 3.8) is 0 Å². The Kier molecular flexibility index (Phi) is 3.31. The molecule has 0 aliphatic carbocycles. The third-order valence-corrected chi connectivity index (χ3v) is 4.06. The zero-order valence-electron chi connectivity index (χ0n) is 6.96. The van der Waals surface area contributed by atoms with Crippen molar-refractivity contribution < 1.29 is 4.42 Å². The number of halogens is 2. The van der Waals surface area contributed by atoms with Gasteiger partial charge in [-0.15, -0.1) is 0 Å². The lowest BCUT2D eigenvalue weighted by Crippen LogP contribution is -2.20. The first-order valence-corrected chi connectivity index (χ1v) is 6.14. The molecule has 4 heteroatoms. The normalized spacial score (nSPS) is 19.5. The van der Waals surface area contributed by atoms with Crippen molar-refractivity contribution in [1.29, 1.82) is 0 Å². The van der Waals surface area contributed by atoms with Crippen molar-refractivity contribution in [1.82, 2.24) is 3.11 Å². The van der Waals surface area contributed by atoms with Crippen molar-refractivity contribution >= 4 is 51.0 Å². The summed E-state index contributed by atoms with van der Waals surface area (Å²) in [4.78, 5) is 0. The highest BCUT2D eigenvalue weighted by molar-refractivity contribution is 14.1. The second kappa shape index (κ2) is 4.31. The molecule has 0 bridgehead atoms. The summed E-state index contributed by atoms with van der Waals surface area (Å²) in [6.45, 7) is 2.13. The Morgan fingerprint density at radius 3 is 3.00 bits per heavy atom. The van der Waals surface area contributed by atoms with Crippen molar-refractivity contribution in [2.24, 2.45) is 0 Å². The molecule has 1 aromatic heterocycles. The fraction of sp³-hybridized carbons (Fsp3) is 0.333. The molecule has 0 amide bonds. The Balaban J connectivity index is 2.31. The molecule has 70 valence electrons. The van der Waals surface area contributed by atoms with Gasteiger partial charge in [-0.1, -0.05) is 0 Å². The van der Waals surface area contributed by atoms with Gasteiger partial charge in [-0.2, -0.15) is 0 Å². The van der Waals surface area contributed by atoms with E-state index in [1.807, 2.05) is 12.1 Å². The first-order valence-electron chi connectivity index (χ1n) is 4.09. The first kappa shape index (κ1) is 9.97. The maximum atomic E-state index is 5.40. The van der Waals surface area contributed by atoms with Crippen LogP contribution in [0.15, 0.2) is 26.4 Å². The van der Waals surface area contributed by atoms with Crippen LogP contribution in [0.4, 0.5) is 0 Å². The van der Waals surface area contributed by atoms with Gasteiger partial charge < -0.3 is 4.42 Å². The fourth-order valence-corrected chi connectivity index (χ4v) is 2.63. The summed E-state index contributed by atoms with van der Waals surface area (Å²) in [5, 5.41) is 0. The summed E-state index contributed by atoms with van der Waals surface area (Å²) in [6, 6.07) is 3.97. The van der Waals surface area contributed by atoms with Crippen molar-refractivity contribution in [2.75, 3.05) is 13.1 Å². The summed E-state index contributed by atoms with van der Waals surface area (Å²) in [7, 11) is 0. The van der Waals surface area contributed by atoms with E-state index >= 15 is 0 Å². The molecule has 0 aromatic carbocycles. The first-order chi connectivity index (χ1) is 6.27. The van der Waals surface area contributed by atoms with Crippen LogP contribution in [0.3, 0.4) is 0 Å². The smallest absolute Gasteiger partial charge is 0.131 e. The Labute approximate surface area is 105 Å². The van der Waals surface area contributed by atoms with Gasteiger partial charge >= 0.3 is 0 Å². The molecule has 2 rings (SSSR count). The van der Waals surface area contributed by atoms with E-state index < -0.39 is 0 Å². The molecule has 2 nitrogen and oxygen atoms in total. The zero-order valence-corrected chi connectivity index (χ0v) is 11.3. The molecule has 0 unspecified atom stereocenters. The summed E-state index contributed by atoms with van der Waals surface area (Å²) < 4.78 is 9.12. The van der Waals surface area contributed by atoms with Gasteiger partial charge in [-0.3, -0.25) is 0 Å². The molecule has 13 heavy (non-hydrogen) atoms. The molecule has 0 N–H and O–H groups in total. The van der Waals surface area contributed by atoms with E-state index in [1.54, 1.807) is 6.26 Å². The lowest BCUT2D eigenvalue weighted by atomic mass is 10.1. The van der Waals surface area contributed by atoms with E-state index in [0.29, 0.717) is 0 Å². The van der Waals surface area contributed by atoms with Crippen molar-refractivity contribution in [2.45, 2.75) is 6.42 Å². The minimum atomic E-state index is 0.992. The monoisotopic (exact) mass is 401 g/mol. The van der Waals surface area contributed by atoms with Gasteiger partial charge in [0.15, 0.2) is 0 Å². The standard InChI is InChI=1S/C9H9I2NO/c10-8-3-4-12(11)6-7(8)9-2-1-5-13-9/h1-2,5H,3-4,6H2. The highest BCUT2D eigenvalue weighted by Crippen LogP contribution is 2.31. The summed E-state index contributed by atoms with van der Waals surface area (Å²) in [6.07, 6.45) is 2.87. The molecule has 1 aromatic rings. The summed E-state index contributed by atoms with van der Waals surface area (Å²) in [5.74, 6) is 1.02. The van der Waals surface area contributed by atoms with Crippen LogP contribution in [0.1, 0.15) is 12.2 Å². The highest BCUT2D eigenvalue weighted by atomic mass is 127.